The van der Waals surface area contributed by atoms with Gasteiger partial charge in [-0.2, -0.15) is 0 Å². The third-order valence-electron chi connectivity index (χ3n) is 5.08. The van der Waals surface area contributed by atoms with Crippen molar-refractivity contribution in [1.29, 1.82) is 0 Å². The quantitative estimate of drug-likeness (QED) is 0.221. The lowest BCUT2D eigenvalue weighted by Gasteiger charge is -2.11. The fourth-order valence-corrected chi connectivity index (χ4v) is 3.50. The molecule has 0 unspecified atom stereocenters. The number of carbonyl (C=O) groups excluding carboxylic acids is 2. The summed E-state index contributed by atoms with van der Waals surface area (Å²) in [6, 6.07) is 5.74. The van der Waals surface area contributed by atoms with Gasteiger partial charge in [0.25, 0.3) is 0 Å². The molecule has 0 saturated heterocycles. The Morgan fingerprint density at radius 2 is 1.97 bits per heavy atom. The number of carbonyl (C=O) groups is 2. The number of aromatic nitrogens is 4. The van der Waals surface area contributed by atoms with E-state index in [0.29, 0.717) is 44.3 Å². The van der Waals surface area contributed by atoms with E-state index in [1.165, 1.54) is 0 Å². The molecule has 3 rings (SSSR count). The standard InChI is InChI=1S/C23H31N5O5/c1-4-32-21(30)14-17(29)8-6-5-7-11-24-22-23-27-26-16(2)28(23)20-10-9-18(15-19(20)25-22)33-13-12-31-3/h9-10,15H,4-8,11-14H2,1-3H3,(H,24,25). The minimum Gasteiger partial charge on any atom is -0.491 e. The first kappa shape index (κ1) is 24.4. The van der Waals surface area contributed by atoms with Gasteiger partial charge in [0.1, 0.15) is 30.4 Å². The molecule has 0 aliphatic carbocycles. The van der Waals surface area contributed by atoms with Crippen molar-refractivity contribution in [2.24, 2.45) is 0 Å². The van der Waals surface area contributed by atoms with E-state index >= 15 is 0 Å². The van der Waals surface area contributed by atoms with Crippen molar-refractivity contribution in [2.75, 3.05) is 38.8 Å². The number of methoxy groups -OCH3 is 1. The van der Waals surface area contributed by atoms with E-state index < -0.39 is 5.97 Å². The minimum absolute atomic E-state index is 0.0817. The third kappa shape index (κ3) is 6.61. The Kier molecular flexibility index (Phi) is 8.94. The summed E-state index contributed by atoms with van der Waals surface area (Å²) in [5.74, 6) is 1.60. The molecule has 2 aromatic heterocycles. The molecule has 10 nitrogen and oxygen atoms in total. The summed E-state index contributed by atoms with van der Waals surface area (Å²) in [5, 5.41) is 11.8. The molecule has 0 bridgehead atoms. The smallest absolute Gasteiger partial charge is 0.313 e. The van der Waals surface area contributed by atoms with Gasteiger partial charge in [-0.1, -0.05) is 6.42 Å². The van der Waals surface area contributed by atoms with Crippen molar-refractivity contribution in [1.82, 2.24) is 19.6 Å². The van der Waals surface area contributed by atoms with E-state index in [2.05, 4.69) is 15.5 Å². The van der Waals surface area contributed by atoms with Crippen LogP contribution in [-0.4, -0.2) is 64.8 Å². The highest BCUT2D eigenvalue weighted by Gasteiger charge is 2.14. The number of ether oxygens (including phenoxy) is 3. The summed E-state index contributed by atoms with van der Waals surface area (Å²) in [4.78, 5) is 27.9. The lowest BCUT2D eigenvalue weighted by molar-refractivity contribution is -0.145. The van der Waals surface area contributed by atoms with Gasteiger partial charge in [0.2, 0.25) is 5.65 Å². The summed E-state index contributed by atoms with van der Waals surface area (Å²) < 4.78 is 17.5. The summed E-state index contributed by atoms with van der Waals surface area (Å²) in [6.07, 6.45) is 2.67. The number of ketones is 1. The fourth-order valence-electron chi connectivity index (χ4n) is 3.50. The zero-order valence-electron chi connectivity index (χ0n) is 19.4. The molecular weight excluding hydrogens is 426 g/mol. The highest BCUT2D eigenvalue weighted by molar-refractivity contribution is 5.95. The van der Waals surface area contributed by atoms with Crippen LogP contribution in [-0.2, 0) is 19.1 Å². The Balaban J connectivity index is 1.59. The van der Waals surface area contributed by atoms with Crippen molar-refractivity contribution in [3.63, 3.8) is 0 Å². The molecule has 0 radical (unpaired) electrons. The topological polar surface area (TPSA) is 117 Å². The average molecular weight is 458 g/mol. The van der Waals surface area contributed by atoms with Crippen molar-refractivity contribution < 1.29 is 23.8 Å². The van der Waals surface area contributed by atoms with Crippen molar-refractivity contribution in [3.05, 3.63) is 24.0 Å². The number of Topliss-reactive ketones (excluding diaryl/α,β-unsaturated/α-hetero) is 1. The van der Waals surface area contributed by atoms with Gasteiger partial charge in [0.15, 0.2) is 5.82 Å². The third-order valence-corrected chi connectivity index (χ3v) is 5.08. The summed E-state index contributed by atoms with van der Waals surface area (Å²) in [5.41, 5.74) is 2.34. The molecule has 178 valence electrons. The first-order chi connectivity index (χ1) is 16.0. The number of hydrogen-bond donors (Lipinski definition) is 1. The van der Waals surface area contributed by atoms with Crippen molar-refractivity contribution >= 4 is 34.3 Å². The second-order valence-electron chi connectivity index (χ2n) is 7.62. The van der Waals surface area contributed by atoms with Crippen LogP contribution in [0.3, 0.4) is 0 Å². The summed E-state index contributed by atoms with van der Waals surface area (Å²) in [7, 11) is 1.64. The molecule has 10 heteroatoms. The van der Waals surface area contributed by atoms with E-state index in [4.69, 9.17) is 19.2 Å². The predicted octanol–water partition coefficient (Wildman–Crippen LogP) is 3.11. The largest absolute Gasteiger partial charge is 0.491 e. The molecule has 0 spiro atoms. The van der Waals surface area contributed by atoms with Gasteiger partial charge in [-0.3, -0.25) is 14.0 Å². The maximum Gasteiger partial charge on any atom is 0.313 e. The molecule has 1 N–H and O–H groups in total. The van der Waals surface area contributed by atoms with E-state index in [9.17, 15) is 9.59 Å². The second-order valence-corrected chi connectivity index (χ2v) is 7.62. The van der Waals surface area contributed by atoms with E-state index in [1.807, 2.05) is 29.5 Å². The van der Waals surface area contributed by atoms with Crippen LogP contribution in [0.25, 0.3) is 16.7 Å². The molecule has 33 heavy (non-hydrogen) atoms. The van der Waals surface area contributed by atoms with E-state index in [-0.39, 0.29) is 12.2 Å². The number of nitrogens with zero attached hydrogens (tertiary/aromatic N) is 4. The van der Waals surface area contributed by atoms with Crippen LogP contribution < -0.4 is 10.1 Å². The number of esters is 1. The SMILES string of the molecule is CCOC(=O)CC(=O)CCCCCNc1nc2cc(OCCOC)ccc2n2c(C)nnc12. The van der Waals surface area contributed by atoms with Gasteiger partial charge >= 0.3 is 5.97 Å². The highest BCUT2D eigenvalue weighted by atomic mass is 16.5. The molecule has 0 atom stereocenters. The van der Waals surface area contributed by atoms with Crippen LogP contribution in [0.4, 0.5) is 5.82 Å². The minimum atomic E-state index is -0.452. The number of rotatable bonds is 14. The molecule has 0 saturated carbocycles. The van der Waals surface area contributed by atoms with Gasteiger partial charge in [-0.05, 0) is 38.8 Å². The maximum absolute atomic E-state index is 11.8. The van der Waals surface area contributed by atoms with Crippen molar-refractivity contribution in [2.45, 2.75) is 46.0 Å². The number of unbranched alkanes of at least 4 members (excludes halogenated alkanes) is 2. The van der Waals surface area contributed by atoms with Gasteiger partial charge in [0.05, 0.1) is 24.2 Å². The Morgan fingerprint density at radius 1 is 1.12 bits per heavy atom. The van der Waals surface area contributed by atoms with Crippen LogP contribution in [0.2, 0.25) is 0 Å². The maximum atomic E-state index is 11.8. The summed E-state index contributed by atoms with van der Waals surface area (Å²) in [6.45, 7) is 5.57. The predicted molar refractivity (Wildman–Crippen MR) is 124 cm³/mol. The van der Waals surface area contributed by atoms with Gasteiger partial charge < -0.3 is 19.5 Å². The Morgan fingerprint density at radius 3 is 2.76 bits per heavy atom. The van der Waals surface area contributed by atoms with Crippen LogP contribution in [0.5, 0.6) is 5.75 Å². The van der Waals surface area contributed by atoms with E-state index in [0.717, 1.165) is 41.9 Å². The van der Waals surface area contributed by atoms with Crippen molar-refractivity contribution in [3.8, 4) is 5.75 Å². The molecule has 0 fully saturated rings. The van der Waals surface area contributed by atoms with Crippen LogP contribution >= 0.6 is 0 Å². The second kappa shape index (κ2) is 12.1. The van der Waals surface area contributed by atoms with Crippen LogP contribution in [0.1, 0.15) is 44.9 Å². The Hall–Kier alpha value is -3.27. The average Bonchev–Trinajstić information content (AvgIpc) is 3.18. The zero-order chi connectivity index (χ0) is 23.6. The molecule has 0 aliphatic heterocycles. The zero-order valence-corrected chi connectivity index (χ0v) is 19.4. The number of fused-ring (bicyclic) bond motifs is 3. The molecule has 0 aliphatic rings. The molecule has 0 amide bonds. The highest BCUT2D eigenvalue weighted by Crippen LogP contribution is 2.25. The molecule has 3 aromatic rings. The first-order valence-electron chi connectivity index (χ1n) is 11.2. The molecule has 1 aromatic carbocycles. The molecule has 2 heterocycles. The Labute approximate surface area is 192 Å². The Bertz CT molecular complexity index is 1100. The van der Waals surface area contributed by atoms with Gasteiger partial charge in [0, 0.05) is 26.1 Å². The lowest BCUT2D eigenvalue weighted by Crippen LogP contribution is -2.11. The number of nitrogens with one attached hydrogen (secondary N) is 1. The fraction of sp³-hybridized carbons (Fsp3) is 0.522. The van der Waals surface area contributed by atoms with Crippen LogP contribution in [0, 0.1) is 6.92 Å². The normalized spacial score (nSPS) is 11.1. The molecular formula is C23H31N5O5. The monoisotopic (exact) mass is 457 g/mol. The number of benzene rings is 1. The van der Waals surface area contributed by atoms with Gasteiger partial charge in [-0.15, -0.1) is 10.2 Å². The number of aryl methyl sites for hydroxylation is 1. The summed E-state index contributed by atoms with van der Waals surface area (Å²) >= 11 is 0. The first-order valence-corrected chi connectivity index (χ1v) is 11.2. The van der Waals surface area contributed by atoms with Gasteiger partial charge in [-0.25, -0.2) is 4.98 Å². The number of hydrogen-bond acceptors (Lipinski definition) is 9. The number of anilines is 1. The lowest BCUT2D eigenvalue weighted by atomic mass is 10.1. The van der Waals surface area contributed by atoms with Crippen LogP contribution in [0.15, 0.2) is 18.2 Å². The van der Waals surface area contributed by atoms with E-state index in [1.54, 1.807) is 14.0 Å².